The highest BCUT2D eigenvalue weighted by atomic mass is 16.5. The molecule has 1 aromatic carbocycles. The fourth-order valence-electron chi connectivity index (χ4n) is 1.93. The van der Waals surface area contributed by atoms with Crippen molar-refractivity contribution in [3.8, 4) is 5.75 Å². The monoisotopic (exact) mass is 320 g/mol. The average Bonchev–Trinajstić information content (AvgIpc) is 2.52. The highest BCUT2D eigenvalue weighted by molar-refractivity contribution is 5.77. The van der Waals surface area contributed by atoms with Crippen LogP contribution in [0.3, 0.4) is 0 Å². The molecule has 0 bridgehead atoms. The van der Waals surface area contributed by atoms with Crippen molar-refractivity contribution in [2.24, 2.45) is 0 Å². The Balaban J connectivity index is 1.90. The van der Waals surface area contributed by atoms with E-state index in [1.165, 1.54) is 6.07 Å². The van der Waals surface area contributed by atoms with Crippen LogP contribution in [0.1, 0.15) is 26.7 Å². The summed E-state index contributed by atoms with van der Waals surface area (Å²) < 4.78 is 15.6. The van der Waals surface area contributed by atoms with Crippen LogP contribution in [0.2, 0.25) is 0 Å². The van der Waals surface area contributed by atoms with Gasteiger partial charge < -0.3 is 19.0 Å². The number of esters is 1. The largest absolute Gasteiger partial charge is 0.493 e. The molecule has 1 atom stereocenters. The van der Waals surface area contributed by atoms with Gasteiger partial charge in [0.2, 0.25) is 0 Å². The molecule has 0 saturated carbocycles. The molecule has 0 spiro atoms. The van der Waals surface area contributed by atoms with E-state index in [0.717, 1.165) is 5.39 Å². The van der Waals surface area contributed by atoms with Crippen molar-refractivity contribution in [3.63, 3.8) is 0 Å². The smallest absolute Gasteiger partial charge is 0.336 e. The molecule has 0 amide bonds. The van der Waals surface area contributed by atoms with Crippen LogP contribution in [0.15, 0.2) is 39.5 Å². The molecule has 0 fully saturated rings. The summed E-state index contributed by atoms with van der Waals surface area (Å²) in [6.45, 7) is 3.44. The van der Waals surface area contributed by atoms with E-state index in [4.69, 9.17) is 13.9 Å². The first-order chi connectivity index (χ1) is 10.9. The van der Waals surface area contributed by atoms with Gasteiger partial charge in [0.25, 0.3) is 0 Å². The van der Waals surface area contributed by atoms with Crippen molar-refractivity contribution in [2.45, 2.75) is 32.3 Å². The molecule has 1 unspecified atom stereocenters. The molecule has 23 heavy (non-hydrogen) atoms. The van der Waals surface area contributed by atoms with Crippen LogP contribution in [0, 0.1) is 0 Å². The third kappa shape index (κ3) is 5.10. The van der Waals surface area contributed by atoms with Gasteiger partial charge in [-0.05, 0) is 25.1 Å². The molecular formula is C17H20O6. The Hall–Kier alpha value is -2.34. The molecule has 1 N–H and O–H groups in total. The van der Waals surface area contributed by atoms with E-state index in [2.05, 4.69) is 0 Å². The summed E-state index contributed by atoms with van der Waals surface area (Å²) in [6.07, 6.45) is 0.565. The fourth-order valence-corrected chi connectivity index (χ4v) is 1.93. The fraction of sp³-hybridized carbons (Fsp3) is 0.412. The molecule has 6 heteroatoms. The lowest BCUT2D eigenvalue weighted by Crippen LogP contribution is -2.33. The number of hydrogen-bond acceptors (Lipinski definition) is 6. The van der Waals surface area contributed by atoms with Crippen LogP contribution in [-0.4, -0.2) is 29.9 Å². The summed E-state index contributed by atoms with van der Waals surface area (Å²) in [4.78, 5) is 22.3. The molecule has 2 aromatic rings. The van der Waals surface area contributed by atoms with Crippen molar-refractivity contribution in [1.29, 1.82) is 0 Å². The lowest BCUT2D eigenvalue weighted by Gasteiger charge is -2.22. The summed E-state index contributed by atoms with van der Waals surface area (Å²) in [5.74, 6) is 0.184. The second-order valence-corrected chi connectivity index (χ2v) is 5.56. The van der Waals surface area contributed by atoms with Gasteiger partial charge in [0, 0.05) is 30.4 Å². The number of ether oxygens (including phenoxy) is 2. The number of hydrogen-bond donors (Lipinski definition) is 1. The minimum Gasteiger partial charge on any atom is -0.493 e. The normalized spacial score (nSPS) is 13.5. The van der Waals surface area contributed by atoms with Gasteiger partial charge in [-0.15, -0.1) is 0 Å². The van der Waals surface area contributed by atoms with Crippen LogP contribution in [0.25, 0.3) is 11.0 Å². The predicted octanol–water partition coefficient (Wildman–Crippen LogP) is 2.27. The number of carbonyl (C=O) groups is 1. The number of benzene rings is 1. The molecule has 6 nitrogen and oxygen atoms in total. The summed E-state index contributed by atoms with van der Waals surface area (Å²) in [7, 11) is 0. The zero-order chi connectivity index (χ0) is 16.9. The van der Waals surface area contributed by atoms with E-state index in [0.29, 0.717) is 17.8 Å². The van der Waals surface area contributed by atoms with Gasteiger partial charge in [-0.25, -0.2) is 4.79 Å². The quantitative estimate of drug-likeness (QED) is 0.622. The standard InChI is InChI=1S/C17H20O6/c1-3-15(18)22-11-17(2,20)8-9-21-13-6-4-12-5-7-16(19)23-14(12)10-13/h4-7,10,20H,3,8-9,11H2,1-2H3. The number of aliphatic hydroxyl groups is 1. The Morgan fingerprint density at radius 2 is 2.04 bits per heavy atom. The van der Waals surface area contributed by atoms with Crippen molar-refractivity contribution in [3.05, 3.63) is 40.8 Å². The molecule has 1 heterocycles. The molecule has 0 saturated heterocycles. The molecular weight excluding hydrogens is 300 g/mol. The number of carbonyl (C=O) groups excluding carboxylic acids is 1. The number of fused-ring (bicyclic) bond motifs is 1. The van der Waals surface area contributed by atoms with Crippen LogP contribution in [-0.2, 0) is 9.53 Å². The van der Waals surface area contributed by atoms with Crippen molar-refractivity contribution in [1.82, 2.24) is 0 Å². The number of rotatable bonds is 7. The predicted molar refractivity (Wildman–Crippen MR) is 84.5 cm³/mol. The SMILES string of the molecule is CCC(=O)OCC(C)(O)CCOc1ccc2ccc(=O)oc2c1. The minimum atomic E-state index is -1.16. The lowest BCUT2D eigenvalue weighted by atomic mass is 10.1. The van der Waals surface area contributed by atoms with Crippen LogP contribution < -0.4 is 10.4 Å². The third-order valence-electron chi connectivity index (χ3n) is 3.34. The molecule has 124 valence electrons. The van der Waals surface area contributed by atoms with Crippen LogP contribution in [0.5, 0.6) is 5.75 Å². The molecule has 1 aromatic heterocycles. The van der Waals surface area contributed by atoms with Crippen LogP contribution in [0.4, 0.5) is 0 Å². The third-order valence-corrected chi connectivity index (χ3v) is 3.34. The molecule has 0 aliphatic carbocycles. The maximum atomic E-state index is 11.2. The molecule has 0 aliphatic heterocycles. The van der Waals surface area contributed by atoms with E-state index in [-0.39, 0.29) is 25.6 Å². The summed E-state index contributed by atoms with van der Waals surface area (Å²) in [5, 5.41) is 10.9. The Morgan fingerprint density at radius 3 is 2.78 bits per heavy atom. The van der Waals surface area contributed by atoms with Gasteiger partial charge in [0.15, 0.2) is 0 Å². The molecule has 0 radical (unpaired) electrons. The molecule has 2 rings (SSSR count). The van der Waals surface area contributed by atoms with Gasteiger partial charge in [-0.2, -0.15) is 0 Å². The second kappa shape index (κ2) is 7.28. The highest BCUT2D eigenvalue weighted by Crippen LogP contribution is 2.20. The van der Waals surface area contributed by atoms with E-state index < -0.39 is 11.2 Å². The van der Waals surface area contributed by atoms with E-state index in [1.54, 1.807) is 38.1 Å². The Labute approximate surface area is 133 Å². The summed E-state index contributed by atoms with van der Waals surface area (Å²) in [5.41, 5.74) is -1.14. The van der Waals surface area contributed by atoms with Crippen LogP contribution >= 0.6 is 0 Å². The van der Waals surface area contributed by atoms with Gasteiger partial charge in [-0.1, -0.05) is 6.92 Å². The topological polar surface area (TPSA) is 86.0 Å². The van der Waals surface area contributed by atoms with Gasteiger partial charge in [0.05, 0.1) is 12.2 Å². The molecule has 0 aliphatic rings. The zero-order valence-corrected chi connectivity index (χ0v) is 13.2. The maximum absolute atomic E-state index is 11.2. The zero-order valence-electron chi connectivity index (χ0n) is 13.2. The lowest BCUT2D eigenvalue weighted by molar-refractivity contribution is -0.150. The van der Waals surface area contributed by atoms with E-state index in [9.17, 15) is 14.7 Å². The van der Waals surface area contributed by atoms with Gasteiger partial charge >= 0.3 is 11.6 Å². The summed E-state index contributed by atoms with van der Waals surface area (Å²) >= 11 is 0. The van der Waals surface area contributed by atoms with E-state index >= 15 is 0 Å². The second-order valence-electron chi connectivity index (χ2n) is 5.56. The first-order valence-electron chi connectivity index (χ1n) is 7.44. The summed E-state index contributed by atoms with van der Waals surface area (Å²) in [6, 6.07) is 8.21. The first-order valence-corrected chi connectivity index (χ1v) is 7.44. The van der Waals surface area contributed by atoms with Crippen molar-refractivity contribution in [2.75, 3.05) is 13.2 Å². The van der Waals surface area contributed by atoms with Gasteiger partial charge in [-0.3, -0.25) is 4.79 Å². The van der Waals surface area contributed by atoms with Crippen molar-refractivity contribution < 1.29 is 23.8 Å². The Morgan fingerprint density at radius 1 is 1.30 bits per heavy atom. The average molecular weight is 320 g/mol. The highest BCUT2D eigenvalue weighted by Gasteiger charge is 2.22. The van der Waals surface area contributed by atoms with Gasteiger partial charge in [0.1, 0.15) is 17.9 Å². The van der Waals surface area contributed by atoms with E-state index in [1.807, 2.05) is 0 Å². The Bertz CT molecular complexity index is 731. The minimum absolute atomic E-state index is 0.0738. The maximum Gasteiger partial charge on any atom is 0.336 e. The first kappa shape index (κ1) is 17.0. The van der Waals surface area contributed by atoms with Crippen molar-refractivity contribution >= 4 is 16.9 Å². The Kier molecular flexibility index (Phi) is 5.39.